The van der Waals surface area contributed by atoms with Gasteiger partial charge in [-0.3, -0.25) is 0 Å². The van der Waals surface area contributed by atoms with Crippen LogP contribution in [0.15, 0.2) is 54.8 Å². The summed E-state index contributed by atoms with van der Waals surface area (Å²) in [7, 11) is -3.57. The van der Waals surface area contributed by atoms with Gasteiger partial charge in [0.1, 0.15) is 18.1 Å². The second kappa shape index (κ2) is 6.96. The molecule has 1 rings (SSSR count). The van der Waals surface area contributed by atoms with Crippen LogP contribution in [0.4, 0.5) is 0 Å². The molecule has 0 spiro atoms. The molecular formula is C15H18O4S. The van der Waals surface area contributed by atoms with Gasteiger partial charge in [0.2, 0.25) is 0 Å². The lowest BCUT2D eigenvalue weighted by Crippen LogP contribution is -2.02. The Morgan fingerprint density at radius 1 is 1.35 bits per heavy atom. The SMILES string of the molecule is C=CCOc1ccccc1/C=C(\C)C(=C)OS(C)(=O)=O. The van der Waals surface area contributed by atoms with E-state index in [1.54, 1.807) is 19.1 Å². The van der Waals surface area contributed by atoms with Crippen LogP contribution in [0.5, 0.6) is 5.75 Å². The minimum atomic E-state index is -3.57. The molecule has 0 heterocycles. The molecule has 0 aliphatic rings. The minimum absolute atomic E-state index is 0.0889. The number of ether oxygens (including phenoxy) is 1. The zero-order valence-corrected chi connectivity index (χ0v) is 12.4. The first kappa shape index (κ1) is 16.0. The molecule has 0 atom stereocenters. The summed E-state index contributed by atoms with van der Waals surface area (Å²) in [5.41, 5.74) is 1.41. The van der Waals surface area contributed by atoms with Crippen LogP contribution in [0.1, 0.15) is 12.5 Å². The Labute approximate surface area is 120 Å². The van der Waals surface area contributed by atoms with Crippen LogP contribution in [-0.4, -0.2) is 21.3 Å². The third-order valence-corrected chi connectivity index (χ3v) is 2.84. The summed E-state index contributed by atoms with van der Waals surface area (Å²) in [4.78, 5) is 0. The summed E-state index contributed by atoms with van der Waals surface area (Å²) < 4.78 is 32.4. The van der Waals surface area contributed by atoms with Gasteiger partial charge >= 0.3 is 10.1 Å². The molecule has 4 nitrogen and oxygen atoms in total. The predicted octanol–water partition coefficient (Wildman–Crippen LogP) is 3.14. The molecule has 0 amide bonds. The Morgan fingerprint density at radius 2 is 2.00 bits per heavy atom. The molecule has 0 aliphatic heterocycles. The fourth-order valence-electron chi connectivity index (χ4n) is 1.44. The Hall–Kier alpha value is -2.01. The molecule has 5 heteroatoms. The van der Waals surface area contributed by atoms with E-state index in [-0.39, 0.29) is 5.76 Å². The highest BCUT2D eigenvalue weighted by Gasteiger charge is 2.08. The first-order valence-electron chi connectivity index (χ1n) is 5.93. The molecular weight excluding hydrogens is 276 g/mol. The molecule has 0 unspecified atom stereocenters. The lowest BCUT2D eigenvalue weighted by atomic mass is 10.1. The van der Waals surface area contributed by atoms with Crippen molar-refractivity contribution >= 4 is 16.2 Å². The zero-order chi connectivity index (χ0) is 15.2. The van der Waals surface area contributed by atoms with Crippen LogP contribution in [0.3, 0.4) is 0 Å². The van der Waals surface area contributed by atoms with Gasteiger partial charge in [-0.2, -0.15) is 8.42 Å². The first-order chi connectivity index (χ1) is 9.33. The van der Waals surface area contributed by atoms with Gasteiger partial charge in [0.05, 0.1) is 6.26 Å². The third kappa shape index (κ3) is 5.32. The Bertz CT molecular complexity index is 627. The second-order valence-corrected chi connectivity index (χ2v) is 5.75. The van der Waals surface area contributed by atoms with Gasteiger partial charge in [-0.25, -0.2) is 0 Å². The number of rotatable bonds is 7. The molecule has 0 radical (unpaired) electrons. The summed E-state index contributed by atoms with van der Waals surface area (Å²) in [6, 6.07) is 7.39. The summed E-state index contributed by atoms with van der Waals surface area (Å²) in [5.74, 6) is 0.768. The maximum Gasteiger partial charge on any atom is 0.306 e. The predicted molar refractivity (Wildman–Crippen MR) is 80.9 cm³/mol. The smallest absolute Gasteiger partial charge is 0.306 e. The highest BCUT2D eigenvalue weighted by atomic mass is 32.2. The molecule has 0 saturated carbocycles. The zero-order valence-electron chi connectivity index (χ0n) is 11.6. The van der Waals surface area contributed by atoms with Crippen LogP contribution in [0.2, 0.25) is 0 Å². The number of allylic oxidation sites excluding steroid dienone is 1. The van der Waals surface area contributed by atoms with Gasteiger partial charge in [-0.05, 0) is 24.6 Å². The van der Waals surface area contributed by atoms with Crippen LogP contribution in [0.25, 0.3) is 6.08 Å². The monoisotopic (exact) mass is 294 g/mol. The van der Waals surface area contributed by atoms with Crippen molar-refractivity contribution in [3.05, 3.63) is 60.4 Å². The second-order valence-electron chi connectivity index (χ2n) is 4.18. The van der Waals surface area contributed by atoms with Crippen LogP contribution >= 0.6 is 0 Å². The Morgan fingerprint density at radius 3 is 2.60 bits per heavy atom. The molecule has 20 heavy (non-hydrogen) atoms. The average Bonchev–Trinajstić information content (AvgIpc) is 2.35. The molecule has 1 aromatic rings. The van der Waals surface area contributed by atoms with Crippen molar-refractivity contribution in [2.75, 3.05) is 12.9 Å². The average molecular weight is 294 g/mol. The van der Waals surface area contributed by atoms with Gasteiger partial charge in [0, 0.05) is 5.56 Å². The number of hydrogen-bond donors (Lipinski definition) is 0. The van der Waals surface area contributed by atoms with Gasteiger partial charge in [-0.15, -0.1) is 0 Å². The van der Waals surface area contributed by atoms with Crippen molar-refractivity contribution < 1.29 is 17.3 Å². The molecule has 0 bridgehead atoms. The minimum Gasteiger partial charge on any atom is -0.489 e. The van der Waals surface area contributed by atoms with E-state index in [4.69, 9.17) is 8.92 Å². The van der Waals surface area contributed by atoms with Gasteiger partial charge in [0.25, 0.3) is 0 Å². The molecule has 1 aromatic carbocycles. The maximum absolute atomic E-state index is 11.1. The van der Waals surface area contributed by atoms with Gasteiger partial charge in [0.15, 0.2) is 0 Å². The molecule has 0 aromatic heterocycles. The highest BCUT2D eigenvalue weighted by molar-refractivity contribution is 7.86. The normalized spacial score (nSPS) is 11.8. The van der Waals surface area contributed by atoms with Crippen molar-refractivity contribution in [3.8, 4) is 5.75 Å². The van der Waals surface area contributed by atoms with Crippen LogP contribution < -0.4 is 4.74 Å². The lowest BCUT2D eigenvalue weighted by Gasteiger charge is -2.09. The summed E-state index contributed by atoms with van der Waals surface area (Å²) >= 11 is 0. The first-order valence-corrected chi connectivity index (χ1v) is 7.75. The summed E-state index contributed by atoms with van der Waals surface area (Å²) in [6.07, 6.45) is 4.39. The lowest BCUT2D eigenvalue weighted by molar-refractivity contribution is 0.362. The van der Waals surface area contributed by atoms with E-state index >= 15 is 0 Å². The van der Waals surface area contributed by atoms with Crippen molar-refractivity contribution in [3.63, 3.8) is 0 Å². The third-order valence-electron chi connectivity index (χ3n) is 2.34. The van der Waals surface area contributed by atoms with E-state index in [0.717, 1.165) is 11.8 Å². The van der Waals surface area contributed by atoms with Crippen molar-refractivity contribution in [1.29, 1.82) is 0 Å². The summed E-state index contributed by atoms with van der Waals surface area (Å²) in [5, 5.41) is 0. The Kier molecular flexibility index (Phi) is 5.58. The van der Waals surface area contributed by atoms with Crippen molar-refractivity contribution in [2.45, 2.75) is 6.92 Å². The maximum atomic E-state index is 11.1. The highest BCUT2D eigenvalue weighted by Crippen LogP contribution is 2.23. The number of para-hydroxylation sites is 1. The summed E-state index contributed by atoms with van der Waals surface area (Å²) in [6.45, 7) is 9.31. The number of hydrogen-bond acceptors (Lipinski definition) is 4. The molecule has 108 valence electrons. The fraction of sp³-hybridized carbons (Fsp3) is 0.200. The topological polar surface area (TPSA) is 52.6 Å². The quantitative estimate of drug-likeness (QED) is 0.335. The van der Waals surface area contributed by atoms with E-state index < -0.39 is 10.1 Å². The van der Waals surface area contributed by atoms with E-state index in [1.807, 2.05) is 24.3 Å². The standard InChI is InChI=1S/C15H18O4S/c1-5-10-18-15-9-7-6-8-14(15)11-12(2)13(3)19-20(4,16)17/h5-9,11H,1,3,10H2,2,4H3/b12-11+. The Balaban J connectivity index is 2.98. The fourth-order valence-corrected chi connectivity index (χ4v) is 1.94. The van der Waals surface area contributed by atoms with Crippen LogP contribution in [-0.2, 0) is 14.3 Å². The molecule has 0 aliphatic carbocycles. The van der Waals surface area contributed by atoms with Crippen molar-refractivity contribution in [1.82, 2.24) is 0 Å². The number of benzene rings is 1. The van der Waals surface area contributed by atoms with Gasteiger partial charge in [-0.1, -0.05) is 37.4 Å². The van der Waals surface area contributed by atoms with E-state index in [1.165, 1.54) is 0 Å². The molecule has 0 N–H and O–H groups in total. The van der Waals surface area contributed by atoms with E-state index in [9.17, 15) is 8.42 Å². The largest absolute Gasteiger partial charge is 0.489 e. The van der Waals surface area contributed by atoms with Crippen molar-refractivity contribution in [2.24, 2.45) is 0 Å². The molecule has 0 fully saturated rings. The van der Waals surface area contributed by atoms with Gasteiger partial charge < -0.3 is 8.92 Å². The van der Waals surface area contributed by atoms with Crippen LogP contribution in [0, 0.1) is 0 Å². The molecule has 0 saturated heterocycles. The van der Waals surface area contributed by atoms with E-state index in [2.05, 4.69) is 13.2 Å². The van der Waals surface area contributed by atoms with E-state index in [0.29, 0.717) is 17.9 Å².